The number of phenolic OH excluding ortho intramolecular Hbond substituents is 1. The number of carbonyl (C=O) groups is 1. The quantitative estimate of drug-likeness (QED) is 0.543. The van der Waals surface area contributed by atoms with E-state index in [9.17, 15) is 9.90 Å². The van der Waals surface area contributed by atoms with Gasteiger partial charge < -0.3 is 16.2 Å². The summed E-state index contributed by atoms with van der Waals surface area (Å²) in [4.78, 5) is 15.2. The van der Waals surface area contributed by atoms with Crippen LogP contribution in [0.4, 0.5) is 11.6 Å². The van der Waals surface area contributed by atoms with E-state index in [0.717, 1.165) is 0 Å². The molecular formula is C9H9N5O2. The molecule has 2 rings (SSSR count). The predicted molar refractivity (Wildman–Crippen MR) is 56.9 cm³/mol. The molecule has 7 heteroatoms. The second kappa shape index (κ2) is 3.89. The molecule has 0 unspecified atom stereocenters. The zero-order chi connectivity index (χ0) is 11.5. The maximum absolute atomic E-state index is 11.6. The van der Waals surface area contributed by atoms with Gasteiger partial charge in [0.15, 0.2) is 0 Å². The number of carbonyl (C=O) groups excluding carboxylic acids is 1. The molecule has 0 aliphatic heterocycles. The Morgan fingerprint density at radius 3 is 2.81 bits per heavy atom. The van der Waals surface area contributed by atoms with E-state index in [0.29, 0.717) is 5.69 Å². The summed E-state index contributed by atoms with van der Waals surface area (Å²) in [5.74, 6) is -0.572. The van der Waals surface area contributed by atoms with Crippen LogP contribution in [0.5, 0.6) is 5.75 Å². The molecule has 0 aliphatic rings. The number of aromatic amines is 1. The van der Waals surface area contributed by atoms with Gasteiger partial charge >= 0.3 is 0 Å². The van der Waals surface area contributed by atoms with Gasteiger partial charge in [0.2, 0.25) is 11.8 Å². The first kappa shape index (κ1) is 9.97. The second-order valence-electron chi connectivity index (χ2n) is 3.01. The molecule has 0 fully saturated rings. The normalized spacial score (nSPS) is 10.0. The van der Waals surface area contributed by atoms with Crippen LogP contribution in [0.2, 0.25) is 0 Å². The monoisotopic (exact) mass is 219 g/mol. The van der Waals surface area contributed by atoms with E-state index in [1.54, 1.807) is 18.2 Å². The van der Waals surface area contributed by atoms with Crippen LogP contribution >= 0.6 is 0 Å². The van der Waals surface area contributed by atoms with Gasteiger partial charge in [-0.2, -0.15) is 4.98 Å². The highest BCUT2D eigenvalue weighted by Gasteiger charge is 2.12. The minimum absolute atomic E-state index is 0.0116. The lowest BCUT2D eigenvalue weighted by atomic mass is 10.3. The van der Waals surface area contributed by atoms with Gasteiger partial charge in [0.05, 0.1) is 5.69 Å². The Bertz CT molecular complexity index is 522. The summed E-state index contributed by atoms with van der Waals surface area (Å²) in [5.41, 5.74) is 5.55. The van der Waals surface area contributed by atoms with Gasteiger partial charge in [0.25, 0.3) is 5.91 Å². The molecule has 0 saturated carbocycles. The Morgan fingerprint density at radius 1 is 1.44 bits per heavy atom. The van der Waals surface area contributed by atoms with E-state index in [1.165, 1.54) is 6.07 Å². The van der Waals surface area contributed by atoms with Crippen molar-refractivity contribution >= 4 is 17.5 Å². The van der Waals surface area contributed by atoms with Gasteiger partial charge in [-0.25, -0.2) is 0 Å². The molecule has 16 heavy (non-hydrogen) atoms. The molecule has 1 aromatic heterocycles. The SMILES string of the molecule is Nc1n[nH]c(C(=O)Nc2ccccc2O)n1. The summed E-state index contributed by atoms with van der Waals surface area (Å²) in [6, 6.07) is 6.36. The van der Waals surface area contributed by atoms with Crippen molar-refractivity contribution < 1.29 is 9.90 Å². The number of rotatable bonds is 2. The first-order chi connectivity index (χ1) is 7.66. The summed E-state index contributed by atoms with van der Waals surface area (Å²) in [6.07, 6.45) is 0. The van der Waals surface area contributed by atoms with Crippen LogP contribution in [0.1, 0.15) is 10.6 Å². The van der Waals surface area contributed by atoms with E-state index in [4.69, 9.17) is 5.73 Å². The highest BCUT2D eigenvalue weighted by Crippen LogP contribution is 2.21. The van der Waals surface area contributed by atoms with Crippen LogP contribution in [0.3, 0.4) is 0 Å². The number of nitrogen functional groups attached to an aromatic ring is 1. The minimum Gasteiger partial charge on any atom is -0.506 e. The number of amides is 1. The summed E-state index contributed by atoms with van der Waals surface area (Å²) in [7, 11) is 0. The van der Waals surface area contributed by atoms with Gasteiger partial charge in [0.1, 0.15) is 5.75 Å². The lowest BCUT2D eigenvalue weighted by Gasteiger charge is -2.04. The lowest BCUT2D eigenvalue weighted by Crippen LogP contribution is -2.13. The lowest BCUT2D eigenvalue weighted by molar-refractivity contribution is 0.101. The van der Waals surface area contributed by atoms with E-state index in [1.807, 2.05) is 0 Å². The number of nitrogens with two attached hydrogens (primary N) is 1. The third kappa shape index (κ3) is 1.92. The van der Waals surface area contributed by atoms with Crippen LogP contribution in [0.25, 0.3) is 0 Å². The van der Waals surface area contributed by atoms with Gasteiger partial charge in [-0.15, -0.1) is 5.10 Å². The molecule has 1 heterocycles. The van der Waals surface area contributed by atoms with Gasteiger partial charge in [-0.1, -0.05) is 12.1 Å². The predicted octanol–water partition coefficient (Wildman–Crippen LogP) is 0.345. The standard InChI is InChI=1S/C9H9N5O2/c10-9-12-7(13-14-9)8(16)11-5-3-1-2-4-6(5)15/h1-4,15H,(H,11,16)(H3,10,12,13,14). The van der Waals surface area contributed by atoms with Crippen molar-refractivity contribution in [1.82, 2.24) is 15.2 Å². The minimum atomic E-state index is -0.522. The summed E-state index contributed by atoms with van der Waals surface area (Å²) in [5, 5.41) is 17.8. The molecular weight excluding hydrogens is 210 g/mol. The van der Waals surface area contributed by atoms with Gasteiger partial charge in [-0.05, 0) is 12.1 Å². The van der Waals surface area contributed by atoms with Crippen LogP contribution in [-0.4, -0.2) is 26.2 Å². The number of anilines is 2. The third-order valence-corrected chi connectivity index (χ3v) is 1.87. The van der Waals surface area contributed by atoms with Crippen molar-refractivity contribution in [3.05, 3.63) is 30.1 Å². The topological polar surface area (TPSA) is 117 Å². The van der Waals surface area contributed by atoms with Crippen LogP contribution in [-0.2, 0) is 0 Å². The summed E-state index contributed by atoms with van der Waals surface area (Å²) >= 11 is 0. The zero-order valence-electron chi connectivity index (χ0n) is 8.14. The Kier molecular flexibility index (Phi) is 2.42. The molecule has 82 valence electrons. The Morgan fingerprint density at radius 2 is 2.19 bits per heavy atom. The smallest absolute Gasteiger partial charge is 0.293 e. The molecule has 5 N–H and O–H groups in total. The summed E-state index contributed by atoms with van der Waals surface area (Å²) < 4.78 is 0. The number of benzene rings is 1. The van der Waals surface area contributed by atoms with E-state index in [2.05, 4.69) is 20.5 Å². The first-order valence-corrected chi connectivity index (χ1v) is 4.44. The Balaban J connectivity index is 2.17. The fraction of sp³-hybridized carbons (Fsp3) is 0. The first-order valence-electron chi connectivity index (χ1n) is 4.44. The zero-order valence-corrected chi connectivity index (χ0v) is 8.14. The van der Waals surface area contributed by atoms with Crippen LogP contribution in [0, 0.1) is 0 Å². The van der Waals surface area contributed by atoms with Crippen molar-refractivity contribution in [3.8, 4) is 5.75 Å². The molecule has 0 bridgehead atoms. The maximum atomic E-state index is 11.6. The highest BCUT2D eigenvalue weighted by molar-refractivity contribution is 6.02. The average Bonchev–Trinajstić information content (AvgIpc) is 2.68. The van der Waals surface area contributed by atoms with Crippen LogP contribution < -0.4 is 11.1 Å². The fourth-order valence-electron chi connectivity index (χ4n) is 1.14. The number of phenols is 1. The molecule has 0 saturated heterocycles. The molecule has 0 radical (unpaired) electrons. The number of para-hydroxylation sites is 2. The van der Waals surface area contributed by atoms with Crippen molar-refractivity contribution in [2.45, 2.75) is 0 Å². The second-order valence-corrected chi connectivity index (χ2v) is 3.01. The molecule has 7 nitrogen and oxygen atoms in total. The van der Waals surface area contributed by atoms with Gasteiger partial charge in [-0.3, -0.25) is 9.89 Å². The molecule has 0 atom stereocenters. The van der Waals surface area contributed by atoms with E-state index < -0.39 is 5.91 Å². The Hall–Kier alpha value is -2.57. The largest absolute Gasteiger partial charge is 0.506 e. The maximum Gasteiger partial charge on any atom is 0.293 e. The number of nitrogens with zero attached hydrogens (tertiary/aromatic N) is 2. The molecule has 1 aromatic carbocycles. The number of H-pyrrole nitrogens is 1. The summed E-state index contributed by atoms with van der Waals surface area (Å²) in [6.45, 7) is 0. The average molecular weight is 219 g/mol. The van der Waals surface area contributed by atoms with Crippen molar-refractivity contribution in [3.63, 3.8) is 0 Å². The van der Waals surface area contributed by atoms with Crippen molar-refractivity contribution in [2.75, 3.05) is 11.1 Å². The van der Waals surface area contributed by atoms with Crippen molar-refractivity contribution in [2.24, 2.45) is 0 Å². The molecule has 1 amide bonds. The van der Waals surface area contributed by atoms with E-state index in [-0.39, 0.29) is 17.5 Å². The highest BCUT2D eigenvalue weighted by atomic mass is 16.3. The molecule has 0 aliphatic carbocycles. The van der Waals surface area contributed by atoms with Crippen LogP contribution in [0.15, 0.2) is 24.3 Å². The van der Waals surface area contributed by atoms with E-state index >= 15 is 0 Å². The number of hydrogen-bond donors (Lipinski definition) is 4. The number of nitrogens with one attached hydrogen (secondary N) is 2. The molecule has 2 aromatic rings. The van der Waals surface area contributed by atoms with Gasteiger partial charge in [0, 0.05) is 0 Å². The number of aromatic nitrogens is 3. The van der Waals surface area contributed by atoms with Crippen molar-refractivity contribution in [1.29, 1.82) is 0 Å². The fourth-order valence-corrected chi connectivity index (χ4v) is 1.14. The third-order valence-electron chi connectivity index (χ3n) is 1.87. The molecule has 0 spiro atoms. The number of aromatic hydroxyl groups is 1. The Labute approximate surface area is 90.3 Å². The number of hydrogen-bond acceptors (Lipinski definition) is 5.